The monoisotopic (exact) mass is 424 g/mol. The second-order valence-electron chi connectivity index (χ2n) is 9.96. The molecular weight excluding hydrogens is 392 g/mol. The highest BCUT2D eigenvalue weighted by Gasteiger charge is 2.31. The molecule has 3 rings (SSSR count). The minimum atomic E-state index is -0.622. The third kappa shape index (κ3) is 4.98. The lowest BCUT2D eigenvalue weighted by Crippen LogP contribution is -2.48. The van der Waals surface area contributed by atoms with Crippen molar-refractivity contribution in [2.45, 2.75) is 73.1 Å². The number of rotatable bonds is 3. The average molecular weight is 425 g/mol. The highest BCUT2D eigenvalue weighted by atomic mass is 16.6. The molecule has 2 aromatic heterocycles. The summed E-state index contributed by atoms with van der Waals surface area (Å²) in [4.78, 5) is 30.4. The zero-order chi connectivity index (χ0) is 23.1. The Morgan fingerprint density at radius 2 is 1.71 bits per heavy atom. The number of pyridine rings is 1. The number of fused-ring (bicyclic) bond motifs is 1. The minimum absolute atomic E-state index is 0.138. The van der Waals surface area contributed by atoms with Crippen LogP contribution in [0.1, 0.15) is 58.4 Å². The molecule has 0 bridgehead atoms. The first-order valence-electron chi connectivity index (χ1n) is 10.5. The summed E-state index contributed by atoms with van der Waals surface area (Å²) in [6, 6.07) is 9.78. The maximum Gasteiger partial charge on any atom is 0.411 e. The number of aryl methyl sites for hydroxylation is 2. The molecule has 0 spiro atoms. The van der Waals surface area contributed by atoms with Gasteiger partial charge in [0.2, 0.25) is 0 Å². The standard InChI is InChI=1S/C24H32N4O3/c1-15-9-11-18(12-10-15)28-20-19(16(2)26-28)13-17(21(29)25-20)14-27(23(3,4)5)22(30)31-24(6,7)8/h9-13H,14H2,1-8H3,(H,25,29). The maximum atomic E-state index is 13.0. The Kier molecular flexibility index (Phi) is 5.74. The molecule has 1 aromatic carbocycles. The minimum Gasteiger partial charge on any atom is -0.444 e. The molecule has 0 radical (unpaired) electrons. The second kappa shape index (κ2) is 7.87. The molecule has 166 valence electrons. The molecule has 31 heavy (non-hydrogen) atoms. The van der Waals surface area contributed by atoms with Gasteiger partial charge in [-0.15, -0.1) is 0 Å². The van der Waals surface area contributed by atoms with Crippen LogP contribution < -0.4 is 5.56 Å². The Labute approximate surface area is 183 Å². The van der Waals surface area contributed by atoms with Gasteiger partial charge in [-0.3, -0.25) is 9.69 Å². The molecule has 0 unspecified atom stereocenters. The van der Waals surface area contributed by atoms with Crippen molar-refractivity contribution in [1.29, 1.82) is 0 Å². The summed E-state index contributed by atoms with van der Waals surface area (Å²) in [5, 5.41) is 5.47. The number of H-pyrrole nitrogens is 1. The number of nitrogens with one attached hydrogen (secondary N) is 1. The van der Waals surface area contributed by atoms with Crippen LogP contribution in [0.4, 0.5) is 4.79 Å². The van der Waals surface area contributed by atoms with Crippen molar-refractivity contribution >= 4 is 17.1 Å². The number of nitrogens with zero attached hydrogens (tertiary/aromatic N) is 3. The highest BCUT2D eigenvalue weighted by molar-refractivity contribution is 5.80. The van der Waals surface area contributed by atoms with E-state index < -0.39 is 17.2 Å². The number of aromatic nitrogens is 3. The van der Waals surface area contributed by atoms with Crippen molar-refractivity contribution in [3.8, 4) is 5.69 Å². The van der Waals surface area contributed by atoms with Gasteiger partial charge in [-0.25, -0.2) is 9.48 Å². The molecule has 0 saturated carbocycles. The van der Waals surface area contributed by atoms with Crippen LogP contribution >= 0.6 is 0 Å². The van der Waals surface area contributed by atoms with Crippen LogP contribution in [0.15, 0.2) is 35.1 Å². The first-order chi connectivity index (χ1) is 14.3. The first-order valence-corrected chi connectivity index (χ1v) is 10.5. The molecule has 1 N–H and O–H groups in total. The maximum absolute atomic E-state index is 13.0. The average Bonchev–Trinajstić information content (AvgIpc) is 2.93. The molecule has 0 saturated heterocycles. The number of hydrogen-bond acceptors (Lipinski definition) is 4. The first kappa shape index (κ1) is 22.6. The van der Waals surface area contributed by atoms with Gasteiger partial charge in [0.15, 0.2) is 0 Å². The Bertz CT molecular complexity index is 1160. The largest absolute Gasteiger partial charge is 0.444 e. The van der Waals surface area contributed by atoms with Crippen LogP contribution in [0.25, 0.3) is 16.7 Å². The molecule has 0 aliphatic heterocycles. The van der Waals surface area contributed by atoms with E-state index in [-0.39, 0.29) is 12.1 Å². The number of carbonyl (C=O) groups excluding carboxylic acids is 1. The molecule has 3 aromatic rings. The van der Waals surface area contributed by atoms with Gasteiger partial charge in [0.05, 0.1) is 17.9 Å². The Hall–Kier alpha value is -3.09. The van der Waals surface area contributed by atoms with E-state index in [0.29, 0.717) is 11.2 Å². The summed E-state index contributed by atoms with van der Waals surface area (Å²) in [6.07, 6.45) is -0.452. The zero-order valence-corrected chi connectivity index (χ0v) is 19.7. The summed E-state index contributed by atoms with van der Waals surface area (Å²) in [7, 11) is 0. The van der Waals surface area contributed by atoms with E-state index in [1.54, 1.807) is 9.58 Å². The molecule has 2 heterocycles. The van der Waals surface area contributed by atoms with Crippen molar-refractivity contribution in [2.24, 2.45) is 0 Å². The van der Waals surface area contributed by atoms with Crippen LogP contribution in [-0.4, -0.2) is 36.9 Å². The summed E-state index contributed by atoms with van der Waals surface area (Å²) in [5.74, 6) is 0. The van der Waals surface area contributed by atoms with Crippen molar-refractivity contribution in [3.05, 3.63) is 57.5 Å². The van der Waals surface area contributed by atoms with Crippen molar-refractivity contribution < 1.29 is 9.53 Å². The summed E-state index contributed by atoms with van der Waals surface area (Å²) >= 11 is 0. The van der Waals surface area contributed by atoms with E-state index in [0.717, 1.165) is 22.3 Å². The van der Waals surface area contributed by atoms with Crippen LogP contribution in [0.5, 0.6) is 0 Å². The topological polar surface area (TPSA) is 80.2 Å². The number of benzene rings is 1. The van der Waals surface area contributed by atoms with Gasteiger partial charge in [0.25, 0.3) is 5.56 Å². The van der Waals surface area contributed by atoms with Crippen molar-refractivity contribution in [2.75, 3.05) is 0 Å². The van der Waals surface area contributed by atoms with E-state index in [2.05, 4.69) is 10.1 Å². The zero-order valence-electron chi connectivity index (χ0n) is 19.7. The predicted molar refractivity (Wildman–Crippen MR) is 123 cm³/mol. The van der Waals surface area contributed by atoms with E-state index in [1.165, 1.54) is 0 Å². The molecule has 0 fully saturated rings. The summed E-state index contributed by atoms with van der Waals surface area (Å²) in [5.41, 5.74) is 2.54. The Balaban J connectivity index is 2.04. The lowest BCUT2D eigenvalue weighted by Gasteiger charge is -2.36. The fourth-order valence-electron chi connectivity index (χ4n) is 3.31. The van der Waals surface area contributed by atoms with Gasteiger partial charge in [0.1, 0.15) is 11.2 Å². The van der Waals surface area contributed by atoms with Gasteiger partial charge in [-0.2, -0.15) is 5.10 Å². The normalized spacial score (nSPS) is 12.3. The van der Waals surface area contributed by atoms with Crippen LogP contribution in [-0.2, 0) is 11.3 Å². The molecule has 0 aliphatic carbocycles. The van der Waals surface area contributed by atoms with E-state index in [4.69, 9.17) is 4.74 Å². The molecular formula is C24H32N4O3. The Morgan fingerprint density at radius 3 is 2.26 bits per heavy atom. The van der Waals surface area contributed by atoms with E-state index in [1.807, 2.05) is 85.7 Å². The van der Waals surface area contributed by atoms with Crippen molar-refractivity contribution in [3.63, 3.8) is 0 Å². The summed E-state index contributed by atoms with van der Waals surface area (Å²) < 4.78 is 7.32. The fourth-order valence-corrected chi connectivity index (χ4v) is 3.31. The molecule has 0 aliphatic rings. The van der Waals surface area contributed by atoms with Gasteiger partial charge in [0, 0.05) is 16.5 Å². The van der Waals surface area contributed by atoms with E-state index >= 15 is 0 Å². The number of ether oxygens (including phenoxy) is 1. The van der Waals surface area contributed by atoms with Gasteiger partial charge < -0.3 is 9.72 Å². The SMILES string of the molecule is Cc1ccc(-n2nc(C)c3cc(CN(C(=O)OC(C)(C)C)C(C)(C)C)c(=O)[nH]c32)cc1. The summed E-state index contributed by atoms with van der Waals surface area (Å²) in [6.45, 7) is 15.3. The van der Waals surface area contributed by atoms with Crippen molar-refractivity contribution in [1.82, 2.24) is 19.7 Å². The number of aromatic amines is 1. The second-order valence-corrected chi connectivity index (χ2v) is 9.96. The fraction of sp³-hybridized carbons (Fsp3) is 0.458. The quantitative estimate of drug-likeness (QED) is 0.651. The van der Waals surface area contributed by atoms with E-state index in [9.17, 15) is 9.59 Å². The molecule has 7 heteroatoms. The van der Waals surface area contributed by atoms with Crippen LogP contribution in [0.3, 0.4) is 0 Å². The van der Waals surface area contributed by atoms with Crippen LogP contribution in [0, 0.1) is 13.8 Å². The smallest absolute Gasteiger partial charge is 0.411 e. The highest BCUT2D eigenvalue weighted by Crippen LogP contribution is 2.24. The Morgan fingerprint density at radius 1 is 1.10 bits per heavy atom. The molecule has 7 nitrogen and oxygen atoms in total. The lowest BCUT2D eigenvalue weighted by atomic mass is 10.1. The number of hydrogen-bond donors (Lipinski definition) is 1. The van der Waals surface area contributed by atoms with Crippen LogP contribution in [0.2, 0.25) is 0 Å². The number of amides is 1. The van der Waals surface area contributed by atoms with Gasteiger partial charge >= 0.3 is 6.09 Å². The third-order valence-electron chi connectivity index (χ3n) is 4.98. The molecule has 0 atom stereocenters. The molecule has 1 amide bonds. The predicted octanol–water partition coefficient (Wildman–Crippen LogP) is 4.87. The van der Waals surface area contributed by atoms with Gasteiger partial charge in [-0.1, -0.05) is 17.7 Å². The third-order valence-corrected chi connectivity index (χ3v) is 4.98. The lowest BCUT2D eigenvalue weighted by molar-refractivity contribution is 0.00363. The van der Waals surface area contributed by atoms with Gasteiger partial charge in [-0.05, 0) is 73.6 Å². The number of carbonyl (C=O) groups is 1.